The maximum absolute atomic E-state index is 14.0. The lowest BCUT2D eigenvalue weighted by Gasteiger charge is -2.33. The van der Waals surface area contributed by atoms with E-state index in [0.29, 0.717) is 37.8 Å². The number of aliphatic hydroxyl groups is 1. The molecule has 0 aromatic heterocycles. The highest BCUT2D eigenvalue weighted by Crippen LogP contribution is 2.62. The fourth-order valence-corrected chi connectivity index (χ4v) is 6.83. The van der Waals surface area contributed by atoms with E-state index in [4.69, 9.17) is 32.7 Å². The van der Waals surface area contributed by atoms with Crippen molar-refractivity contribution in [3.8, 4) is 11.8 Å². The van der Waals surface area contributed by atoms with E-state index in [9.17, 15) is 20.0 Å². The molecule has 5 unspecified atom stereocenters. The number of rotatable bonds is 5. The highest BCUT2D eigenvalue weighted by molar-refractivity contribution is 6.35. The van der Waals surface area contributed by atoms with E-state index in [1.807, 2.05) is 6.07 Å². The van der Waals surface area contributed by atoms with E-state index >= 15 is 0 Å². The van der Waals surface area contributed by atoms with Gasteiger partial charge < -0.3 is 14.6 Å². The van der Waals surface area contributed by atoms with Gasteiger partial charge in [0.05, 0.1) is 52.5 Å². The van der Waals surface area contributed by atoms with Gasteiger partial charge in [0.15, 0.2) is 0 Å². The van der Waals surface area contributed by atoms with Gasteiger partial charge in [-0.3, -0.25) is 9.59 Å². The van der Waals surface area contributed by atoms with Gasteiger partial charge in [-0.05, 0) is 37.3 Å². The van der Waals surface area contributed by atoms with Gasteiger partial charge in [-0.15, -0.1) is 0 Å². The second kappa shape index (κ2) is 8.44. The molecule has 2 amide bonds. The van der Waals surface area contributed by atoms with Crippen LogP contribution in [0.5, 0.6) is 5.75 Å². The number of nitriles is 1. The number of carbonyl (C=O) groups is 2. The Kier molecular flexibility index (Phi) is 5.52. The Balaban J connectivity index is 1.35. The Morgan fingerprint density at radius 3 is 2.57 bits per heavy atom. The number of aliphatic hydroxyl groups excluding tert-OH is 1. The number of nitrogens with zero attached hydrogens (tertiary/aromatic N) is 2. The van der Waals surface area contributed by atoms with E-state index in [-0.39, 0.29) is 25.4 Å². The van der Waals surface area contributed by atoms with Gasteiger partial charge >= 0.3 is 0 Å². The van der Waals surface area contributed by atoms with Crippen LogP contribution in [-0.2, 0) is 14.3 Å². The van der Waals surface area contributed by atoms with Crippen LogP contribution < -0.4 is 9.64 Å². The zero-order chi connectivity index (χ0) is 26.1. The molecule has 37 heavy (non-hydrogen) atoms. The molecule has 6 rings (SSSR count). The molecule has 0 saturated carbocycles. The predicted molar refractivity (Wildman–Crippen MR) is 138 cm³/mol. The van der Waals surface area contributed by atoms with E-state index in [1.165, 1.54) is 4.90 Å². The summed E-state index contributed by atoms with van der Waals surface area (Å²) in [7, 11) is 0. The predicted octanol–water partition coefficient (Wildman–Crippen LogP) is 4.89. The van der Waals surface area contributed by atoms with Crippen LogP contribution >= 0.6 is 23.2 Å². The minimum Gasteiger partial charge on any atom is -0.492 e. The van der Waals surface area contributed by atoms with Crippen molar-refractivity contribution in [1.29, 1.82) is 5.26 Å². The fourth-order valence-electron chi connectivity index (χ4n) is 6.36. The molecule has 0 aliphatic carbocycles. The third-order valence-electron chi connectivity index (χ3n) is 8.05. The molecule has 3 heterocycles. The summed E-state index contributed by atoms with van der Waals surface area (Å²) in [5.41, 5.74) is -1.39. The summed E-state index contributed by atoms with van der Waals surface area (Å²) in [4.78, 5) is 29.0. The van der Waals surface area contributed by atoms with Crippen molar-refractivity contribution in [2.75, 3.05) is 11.5 Å². The number of ether oxygens (including phenoxy) is 2. The lowest BCUT2D eigenvalue weighted by Crippen LogP contribution is -2.49. The lowest BCUT2D eigenvalue weighted by molar-refractivity contribution is -0.134. The van der Waals surface area contributed by atoms with Crippen LogP contribution in [0.4, 0.5) is 5.69 Å². The van der Waals surface area contributed by atoms with Crippen LogP contribution in [0.25, 0.3) is 10.8 Å². The summed E-state index contributed by atoms with van der Waals surface area (Å²) < 4.78 is 12.2. The molecule has 0 radical (unpaired) electrons. The monoisotopic (exact) mass is 536 g/mol. The van der Waals surface area contributed by atoms with Crippen LogP contribution in [0.1, 0.15) is 25.3 Å². The maximum Gasteiger partial charge on any atom is 0.240 e. The first-order valence-corrected chi connectivity index (χ1v) is 12.7. The number of hydrogen-bond donors (Lipinski definition) is 1. The summed E-state index contributed by atoms with van der Waals surface area (Å²) in [5, 5.41) is 22.6. The first kappa shape index (κ1) is 24.2. The van der Waals surface area contributed by atoms with Gasteiger partial charge in [-0.25, -0.2) is 4.90 Å². The summed E-state index contributed by atoms with van der Waals surface area (Å²) >= 11 is 12.2. The Hall–Kier alpha value is -3.15. The van der Waals surface area contributed by atoms with Gasteiger partial charge in [0.1, 0.15) is 11.4 Å². The lowest BCUT2D eigenvalue weighted by atomic mass is 9.66. The van der Waals surface area contributed by atoms with Gasteiger partial charge in [-0.1, -0.05) is 47.5 Å². The quantitative estimate of drug-likeness (QED) is 0.466. The molecule has 2 bridgehead atoms. The van der Waals surface area contributed by atoms with Crippen molar-refractivity contribution in [1.82, 2.24) is 0 Å². The molecular weight excluding hydrogens is 515 g/mol. The molecule has 3 aromatic rings. The van der Waals surface area contributed by atoms with Crippen LogP contribution in [-0.4, -0.2) is 40.8 Å². The van der Waals surface area contributed by atoms with E-state index in [0.717, 1.165) is 0 Å². The number of carbonyl (C=O) groups excluding carboxylic acids is 2. The molecule has 3 saturated heterocycles. The Morgan fingerprint density at radius 1 is 1.11 bits per heavy atom. The minimum absolute atomic E-state index is 0.161. The average molecular weight is 537 g/mol. The van der Waals surface area contributed by atoms with Gasteiger partial charge in [0, 0.05) is 28.6 Å². The van der Waals surface area contributed by atoms with Crippen LogP contribution in [0.2, 0.25) is 10.0 Å². The molecule has 9 heteroatoms. The Bertz CT molecular complexity index is 1520. The zero-order valence-electron chi connectivity index (χ0n) is 19.8. The van der Waals surface area contributed by atoms with Crippen LogP contribution in [0.15, 0.2) is 54.6 Å². The number of halogens is 2. The molecule has 3 aromatic carbocycles. The van der Waals surface area contributed by atoms with Gasteiger partial charge in [-0.2, -0.15) is 5.26 Å². The minimum atomic E-state index is -1.20. The number of amides is 2. The van der Waals surface area contributed by atoms with Crippen molar-refractivity contribution in [2.45, 2.75) is 37.1 Å². The molecule has 5 atom stereocenters. The third-order valence-corrected chi connectivity index (χ3v) is 8.58. The van der Waals surface area contributed by atoms with Gasteiger partial charge in [0.25, 0.3) is 0 Å². The molecule has 3 aliphatic rings. The largest absolute Gasteiger partial charge is 0.492 e. The molecule has 0 spiro atoms. The van der Waals surface area contributed by atoms with E-state index < -0.39 is 35.0 Å². The number of anilines is 1. The summed E-state index contributed by atoms with van der Waals surface area (Å²) in [5.74, 6) is -1.94. The van der Waals surface area contributed by atoms with Crippen molar-refractivity contribution in [3.63, 3.8) is 0 Å². The highest BCUT2D eigenvalue weighted by Gasteiger charge is 2.77. The zero-order valence-corrected chi connectivity index (χ0v) is 21.3. The van der Waals surface area contributed by atoms with E-state index in [1.54, 1.807) is 55.5 Å². The number of hydrogen-bond acceptors (Lipinski definition) is 6. The SMILES string of the molecule is CC12OC(CCOc3ccc(Cl)cc3Cl)(CC1O)C1C(=O)N(c3ccc(C#N)c4ccccc34)C(=O)C12. The molecule has 188 valence electrons. The Labute approximate surface area is 223 Å². The van der Waals surface area contributed by atoms with Crippen molar-refractivity contribution in [3.05, 3.63) is 70.2 Å². The maximum atomic E-state index is 14.0. The molecule has 1 N–H and O–H groups in total. The number of fused-ring (bicyclic) bond motifs is 6. The normalized spacial score (nSPS) is 30.1. The standard InChI is InChI=1S/C28H22Cl2N2O5/c1-27-22(33)13-28(37-27,10-11-36-21-9-7-16(29)12-19(21)30)24-23(27)25(34)32(26(24)35)20-8-6-15(14-31)17-4-2-3-5-18(17)20/h2-9,12,22-24,33H,10-11,13H2,1H3. The fraction of sp³-hybridized carbons (Fsp3) is 0.321. The van der Waals surface area contributed by atoms with Gasteiger partial charge in [0.2, 0.25) is 11.8 Å². The number of benzene rings is 3. The number of imide groups is 1. The van der Waals surface area contributed by atoms with Crippen LogP contribution in [0.3, 0.4) is 0 Å². The summed E-state index contributed by atoms with van der Waals surface area (Å²) in [6, 6.07) is 17.5. The van der Waals surface area contributed by atoms with Crippen molar-refractivity contribution >= 4 is 51.5 Å². The highest BCUT2D eigenvalue weighted by atomic mass is 35.5. The molecule has 3 aliphatic heterocycles. The van der Waals surface area contributed by atoms with E-state index in [2.05, 4.69) is 6.07 Å². The van der Waals surface area contributed by atoms with Crippen molar-refractivity contribution in [2.24, 2.45) is 11.8 Å². The molecule has 7 nitrogen and oxygen atoms in total. The smallest absolute Gasteiger partial charge is 0.240 e. The summed E-state index contributed by atoms with van der Waals surface area (Å²) in [6.07, 6.45) is -0.424. The van der Waals surface area contributed by atoms with Crippen molar-refractivity contribution < 1.29 is 24.2 Å². The summed E-state index contributed by atoms with van der Waals surface area (Å²) in [6.45, 7) is 1.86. The first-order chi connectivity index (χ1) is 17.7. The molecule has 3 fully saturated rings. The second-order valence-corrected chi connectivity index (χ2v) is 10.8. The topological polar surface area (TPSA) is 99.9 Å². The molecular formula is C28H22Cl2N2O5. The second-order valence-electron chi connectivity index (χ2n) is 10.0. The Morgan fingerprint density at radius 2 is 1.84 bits per heavy atom. The average Bonchev–Trinajstić information content (AvgIpc) is 3.41. The first-order valence-electron chi connectivity index (χ1n) is 12.0. The third kappa shape index (κ3) is 3.40. The van der Waals surface area contributed by atoms with Crippen LogP contribution in [0, 0.1) is 23.2 Å².